The molecule has 2 atom stereocenters. The van der Waals surface area contributed by atoms with E-state index < -0.39 is 60.3 Å². The molecule has 2 aromatic rings. The van der Waals surface area contributed by atoms with E-state index in [1.165, 1.54) is 28.9 Å². The molecule has 0 bridgehead atoms. The van der Waals surface area contributed by atoms with Crippen LogP contribution in [0.3, 0.4) is 0 Å². The Bertz CT molecular complexity index is 1350. The smallest absolute Gasteiger partial charge is 0.387 e. The van der Waals surface area contributed by atoms with Crippen LogP contribution in [0.5, 0.6) is 11.5 Å². The third kappa shape index (κ3) is 8.11. The molecule has 4 rings (SSSR count). The summed E-state index contributed by atoms with van der Waals surface area (Å²) in [5.41, 5.74) is 0.812. The number of aromatic nitrogens is 1. The number of rotatable bonds is 10. The van der Waals surface area contributed by atoms with Crippen molar-refractivity contribution in [2.75, 3.05) is 13.6 Å². The first-order valence-electron chi connectivity index (χ1n) is 13.9. The Hall–Kier alpha value is -4.04. The number of halogens is 6. The fourth-order valence-electron chi connectivity index (χ4n) is 5.59. The van der Waals surface area contributed by atoms with E-state index in [2.05, 4.69) is 19.8 Å². The van der Waals surface area contributed by atoms with Gasteiger partial charge in [-0.05, 0) is 49.1 Å². The number of likely N-dealkylation sites (tertiary alicyclic amines) is 1. The summed E-state index contributed by atoms with van der Waals surface area (Å²) in [5.74, 6) is -5.80. The highest BCUT2D eigenvalue weighted by Gasteiger charge is 2.40. The third-order valence-corrected chi connectivity index (χ3v) is 7.90. The van der Waals surface area contributed by atoms with E-state index in [1.54, 1.807) is 19.2 Å². The highest BCUT2D eigenvalue weighted by atomic mass is 19.3. The zero-order valence-electron chi connectivity index (χ0n) is 24.0. The Morgan fingerprint density at radius 2 is 1.70 bits per heavy atom. The topological polar surface area (TPSA) is 101 Å². The van der Waals surface area contributed by atoms with Crippen molar-refractivity contribution in [2.24, 2.45) is 0 Å². The lowest BCUT2D eigenvalue weighted by atomic mass is 9.91. The number of hydrogen-bond donors (Lipinski definition) is 1. The van der Waals surface area contributed by atoms with E-state index in [1.807, 2.05) is 0 Å². The van der Waals surface area contributed by atoms with Crippen LogP contribution >= 0.6 is 0 Å². The van der Waals surface area contributed by atoms with Gasteiger partial charge in [0, 0.05) is 45.3 Å². The largest absolute Gasteiger partial charge is 0.431 e. The summed E-state index contributed by atoms with van der Waals surface area (Å²) in [6, 6.07) is 6.94. The zero-order valence-corrected chi connectivity index (χ0v) is 24.0. The maximum atomic E-state index is 13.5. The van der Waals surface area contributed by atoms with Gasteiger partial charge in [-0.15, -0.1) is 0 Å². The van der Waals surface area contributed by atoms with E-state index in [0.29, 0.717) is 11.3 Å². The van der Waals surface area contributed by atoms with Crippen molar-refractivity contribution in [3.63, 3.8) is 0 Å². The number of ether oxygens (including phenoxy) is 2. The van der Waals surface area contributed by atoms with Gasteiger partial charge in [-0.3, -0.25) is 14.4 Å². The molecule has 0 radical (unpaired) electrons. The number of nitrogens with one attached hydrogen (secondary N) is 1. The number of alkyl halides is 6. The summed E-state index contributed by atoms with van der Waals surface area (Å²) in [5, 5.41) is 2.70. The van der Waals surface area contributed by atoms with Crippen LogP contribution in [-0.4, -0.2) is 77.3 Å². The predicted octanol–water partition coefficient (Wildman–Crippen LogP) is 4.96. The highest BCUT2D eigenvalue weighted by molar-refractivity contribution is 5.92. The molecule has 2 heterocycles. The summed E-state index contributed by atoms with van der Waals surface area (Å²) in [6.07, 6.45) is -0.136. The van der Waals surface area contributed by atoms with Crippen molar-refractivity contribution < 1.29 is 50.2 Å². The van der Waals surface area contributed by atoms with E-state index in [0.717, 1.165) is 12.1 Å². The lowest BCUT2D eigenvalue weighted by Crippen LogP contribution is -2.45. The SMILES string of the molecule is CC(=O)N1CC(c2ccc(OC(F)F)c(OC(F)F)c2)C[C@@H]1C(=O)NCc1cccc(C(=O)N(C)C2CCC(F)(F)CC2)n1. The molecule has 2 fully saturated rings. The van der Waals surface area contributed by atoms with E-state index >= 15 is 0 Å². The third-order valence-electron chi connectivity index (χ3n) is 7.90. The maximum Gasteiger partial charge on any atom is 0.387 e. The molecular weight excluding hydrogens is 598 g/mol. The first-order chi connectivity index (χ1) is 20.7. The molecule has 1 aliphatic heterocycles. The van der Waals surface area contributed by atoms with Gasteiger partial charge in [-0.2, -0.15) is 17.6 Å². The van der Waals surface area contributed by atoms with Crippen LogP contribution in [0.2, 0.25) is 0 Å². The zero-order chi connectivity index (χ0) is 32.2. The van der Waals surface area contributed by atoms with Crippen LogP contribution in [0, 0.1) is 0 Å². The Morgan fingerprint density at radius 1 is 1.05 bits per heavy atom. The Kier molecular flexibility index (Phi) is 10.3. The summed E-state index contributed by atoms with van der Waals surface area (Å²) >= 11 is 0. The van der Waals surface area contributed by atoms with Crippen LogP contribution in [0.25, 0.3) is 0 Å². The molecule has 1 unspecified atom stereocenters. The minimum atomic E-state index is -3.30. The average Bonchev–Trinajstić information content (AvgIpc) is 3.42. The van der Waals surface area contributed by atoms with Crippen molar-refractivity contribution in [2.45, 2.75) is 82.7 Å². The van der Waals surface area contributed by atoms with Gasteiger partial charge in [-0.25, -0.2) is 13.8 Å². The summed E-state index contributed by atoms with van der Waals surface area (Å²) in [4.78, 5) is 45.6. The van der Waals surface area contributed by atoms with E-state index in [4.69, 9.17) is 0 Å². The van der Waals surface area contributed by atoms with Crippen LogP contribution in [0.1, 0.15) is 66.7 Å². The fourth-order valence-corrected chi connectivity index (χ4v) is 5.59. The standard InChI is InChI=1S/C29H32F6N4O5/c1-16(40)39-15-18(17-6-7-23(43-27(30)31)24(13-17)44-28(32)33)12-22(39)25(41)36-14-19-4-3-5-21(37-19)26(42)38(2)20-8-10-29(34,35)11-9-20/h3-7,13,18,20,22,27-28H,8-12,14-15H2,1-2H3,(H,36,41)/t18?,22-/m1/s1. The maximum absolute atomic E-state index is 13.5. The van der Waals surface area contributed by atoms with Crippen LogP contribution < -0.4 is 14.8 Å². The molecule has 1 aromatic carbocycles. The predicted molar refractivity (Wildman–Crippen MR) is 144 cm³/mol. The molecule has 240 valence electrons. The summed E-state index contributed by atoms with van der Waals surface area (Å²) in [6.45, 7) is -5.33. The number of carbonyl (C=O) groups is 3. The second-order valence-corrected chi connectivity index (χ2v) is 10.8. The van der Waals surface area contributed by atoms with Gasteiger partial charge < -0.3 is 24.6 Å². The van der Waals surface area contributed by atoms with Gasteiger partial charge >= 0.3 is 13.2 Å². The van der Waals surface area contributed by atoms with E-state index in [-0.39, 0.29) is 56.9 Å². The second kappa shape index (κ2) is 13.7. The number of amides is 3. The Balaban J connectivity index is 1.41. The van der Waals surface area contributed by atoms with Gasteiger partial charge in [0.05, 0.1) is 12.2 Å². The molecule has 44 heavy (non-hydrogen) atoms. The number of pyridine rings is 1. The monoisotopic (exact) mass is 630 g/mol. The van der Waals surface area contributed by atoms with Gasteiger partial charge in [0.1, 0.15) is 11.7 Å². The lowest BCUT2D eigenvalue weighted by molar-refractivity contribution is -0.136. The summed E-state index contributed by atoms with van der Waals surface area (Å²) < 4.78 is 86.9. The normalized spacial score (nSPS) is 20.1. The van der Waals surface area contributed by atoms with Crippen molar-refractivity contribution >= 4 is 17.7 Å². The van der Waals surface area contributed by atoms with Crippen molar-refractivity contribution in [1.29, 1.82) is 0 Å². The fraction of sp³-hybridized carbons (Fsp3) is 0.517. The molecular formula is C29H32F6N4O5. The minimum Gasteiger partial charge on any atom is -0.431 e. The lowest BCUT2D eigenvalue weighted by Gasteiger charge is -2.34. The molecule has 1 saturated carbocycles. The minimum absolute atomic E-state index is 0.0538. The Morgan fingerprint density at radius 3 is 2.34 bits per heavy atom. The van der Waals surface area contributed by atoms with Gasteiger partial charge in [0.15, 0.2) is 11.5 Å². The molecule has 15 heteroatoms. The molecule has 1 aromatic heterocycles. The van der Waals surface area contributed by atoms with Crippen molar-refractivity contribution in [3.8, 4) is 11.5 Å². The van der Waals surface area contributed by atoms with E-state index in [9.17, 15) is 40.7 Å². The number of hydrogen-bond acceptors (Lipinski definition) is 6. The van der Waals surface area contributed by atoms with Crippen LogP contribution in [0.4, 0.5) is 26.3 Å². The molecule has 2 aliphatic rings. The number of benzene rings is 1. The van der Waals surface area contributed by atoms with Crippen LogP contribution in [0.15, 0.2) is 36.4 Å². The number of carbonyl (C=O) groups excluding carboxylic acids is 3. The van der Waals surface area contributed by atoms with Gasteiger partial charge in [-0.1, -0.05) is 12.1 Å². The average molecular weight is 631 g/mol. The first-order valence-corrected chi connectivity index (χ1v) is 13.9. The molecule has 1 saturated heterocycles. The van der Waals surface area contributed by atoms with Crippen LogP contribution in [-0.2, 0) is 16.1 Å². The molecule has 1 aliphatic carbocycles. The summed E-state index contributed by atoms with van der Waals surface area (Å²) in [7, 11) is 1.54. The molecule has 9 nitrogen and oxygen atoms in total. The second-order valence-electron chi connectivity index (χ2n) is 10.8. The molecule has 1 N–H and O–H groups in total. The molecule has 3 amide bonds. The highest BCUT2D eigenvalue weighted by Crippen LogP contribution is 2.38. The van der Waals surface area contributed by atoms with Gasteiger partial charge in [0.25, 0.3) is 5.91 Å². The Labute approximate surface area is 249 Å². The molecule has 0 spiro atoms. The van der Waals surface area contributed by atoms with Crippen molar-refractivity contribution in [1.82, 2.24) is 20.1 Å². The number of nitrogens with zero attached hydrogens (tertiary/aromatic N) is 3. The quantitative estimate of drug-likeness (QED) is 0.373. The van der Waals surface area contributed by atoms with Gasteiger partial charge in [0.2, 0.25) is 17.7 Å². The first kappa shape index (κ1) is 32.9. The van der Waals surface area contributed by atoms with Crippen molar-refractivity contribution in [3.05, 3.63) is 53.3 Å².